The summed E-state index contributed by atoms with van der Waals surface area (Å²) in [6.07, 6.45) is 2.01. The van der Waals surface area contributed by atoms with Gasteiger partial charge < -0.3 is 4.74 Å². The molecule has 1 saturated heterocycles. The number of hydrogen-bond acceptors (Lipinski definition) is 3. The average molecular weight is 185 g/mol. The fourth-order valence-electron chi connectivity index (χ4n) is 2.05. The number of esters is 1. The SMILES string of the molecule is COC(=O)C1CCC(C)(C)CN1C. The van der Waals surface area contributed by atoms with Gasteiger partial charge in [-0.25, -0.2) is 0 Å². The highest BCUT2D eigenvalue weighted by atomic mass is 16.5. The molecule has 0 bridgehead atoms. The molecule has 3 nitrogen and oxygen atoms in total. The van der Waals surface area contributed by atoms with Crippen LogP contribution in [0.3, 0.4) is 0 Å². The summed E-state index contributed by atoms with van der Waals surface area (Å²) in [5.41, 5.74) is 0.333. The third kappa shape index (κ3) is 2.44. The molecule has 13 heavy (non-hydrogen) atoms. The van der Waals surface area contributed by atoms with Crippen LogP contribution in [0.5, 0.6) is 0 Å². The van der Waals surface area contributed by atoms with E-state index in [0.29, 0.717) is 5.41 Å². The molecule has 0 spiro atoms. The van der Waals surface area contributed by atoms with Crippen LogP contribution in [0.1, 0.15) is 26.7 Å². The number of ether oxygens (including phenoxy) is 1. The van der Waals surface area contributed by atoms with E-state index in [1.165, 1.54) is 7.11 Å². The number of carbonyl (C=O) groups excluding carboxylic acids is 1. The molecule has 0 radical (unpaired) electrons. The lowest BCUT2D eigenvalue weighted by Gasteiger charge is -2.40. The van der Waals surface area contributed by atoms with Crippen LogP contribution in [0.2, 0.25) is 0 Å². The topological polar surface area (TPSA) is 29.5 Å². The molecule has 0 aromatic carbocycles. The average Bonchev–Trinajstić information content (AvgIpc) is 2.01. The van der Waals surface area contributed by atoms with Gasteiger partial charge in [-0.15, -0.1) is 0 Å². The summed E-state index contributed by atoms with van der Waals surface area (Å²) in [6.45, 7) is 5.43. The zero-order valence-corrected chi connectivity index (χ0v) is 8.96. The first-order valence-corrected chi connectivity index (χ1v) is 4.74. The van der Waals surface area contributed by atoms with E-state index in [1.54, 1.807) is 0 Å². The molecular weight excluding hydrogens is 166 g/mol. The molecule has 1 aliphatic rings. The molecule has 0 aromatic heterocycles. The second-order valence-corrected chi connectivity index (χ2v) is 4.66. The molecule has 0 aromatic rings. The van der Waals surface area contributed by atoms with Crippen LogP contribution in [0, 0.1) is 5.41 Å². The predicted molar refractivity (Wildman–Crippen MR) is 51.4 cm³/mol. The van der Waals surface area contributed by atoms with Crippen molar-refractivity contribution in [1.29, 1.82) is 0 Å². The van der Waals surface area contributed by atoms with Crippen molar-refractivity contribution in [2.24, 2.45) is 5.41 Å². The Balaban J connectivity index is 2.58. The number of hydrogen-bond donors (Lipinski definition) is 0. The van der Waals surface area contributed by atoms with Gasteiger partial charge in [0.15, 0.2) is 0 Å². The number of nitrogens with zero attached hydrogens (tertiary/aromatic N) is 1. The lowest BCUT2D eigenvalue weighted by molar-refractivity contribution is -0.149. The lowest BCUT2D eigenvalue weighted by atomic mass is 9.81. The van der Waals surface area contributed by atoms with E-state index in [2.05, 4.69) is 18.7 Å². The standard InChI is InChI=1S/C10H19NO2/c1-10(2)6-5-8(9(12)13-4)11(3)7-10/h8H,5-7H2,1-4H3. The van der Waals surface area contributed by atoms with E-state index in [1.807, 2.05) is 7.05 Å². The van der Waals surface area contributed by atoms with Crippen LogP contribution in [-0.4, -0.2) is 37.6 Å². The molecule has 1 aliphatic heterocycles. The predicted octanol–water partition coefficient (Wildman–Crippen LogP) is 1.28. The molecule has 1 fully saturated rings. The smallest absolute Gasteiger partial charge is 0.323 e. The van der Waals surface area contributed by atoms with E-state index in [4.69, 9.17) is 4.74 Å². The van der Waals surface area contributed by atoms with Crippen LogP contribution in [0.4, 0.5) is 0 Å². The highest BCUT2D eigenvalue weighted by molar-refractivity contribution is 5.75. The molecule has 76 valence electrons. The van der Waals surface area contributed by atoms with E-state index in [0.717, 1.165) is 19.4 Å². The van der Waals surface area contributed by atoms with Crippen LogP contribution < -0.4 is 0 Å². The summed E-state index contributed by atoms with van der Waals surface area (Å²) in [4.78, 5) is 13.4. The number of carbonyl (C=O) groups is 1. The third-order valence-electron chi connectivity index (χ3n) is 2.78. The number of methoxy groups -OCH3 is 1. The van der Waals surface area contributed by atoms with Crippen LogP contribution in [0.25, 0.3) is 0 Å². The quantitative estimate of drug-likeness (QED) is 0.576. The van der Waals surface area contributed by atoms with Crippen molar-refractivity contribution in [3.05, 3.63) is 0 Å². The zero-order valence-electron chi connectivity index (χ0n) is 8.96. The van der Waals surface area contributed by atoms with Gasteiger partial charge in [-0.1, -0.05) is 13.8 Å². The first kappa shape index (κ1) is 10.5. The number of rotatable bonds is 1. The Morgan fingerprint density at radius 2 is 2.15 bits per heavy atom. The van der Waals surface area contributed by atoms with Gasteiger partial charge in [0.2, 0.25) is 0 Å². The summed E-state index contributed by atoms with van der Waals surface area (Å²) in [6, 6.07) is -0.0296. The molecule has 0 aliphatic carbocycles. The molecule has 0 saturated carbocycles. The zero-order chi connectivity index (χ0) is 10.1. The summed E-state index contributed by atoms with van der Waals surface area (Å²) >= 11 is 0. The Morgan fingerprint density at radius 3 is 2.62 bits per heavy atom. The van der Waals surface area contributed by atoms with Crippen molar-refractivity contribution in [1.82, 2.24) is 4.90 Å². The third-order valence-corrected chi connectivity index (χ3v) is 2.78. The van der Waals surface area contributed by atoms with Crippen molar-refractivity contribution >= 4 is 5.97 Å². The van der Waals surface area contributed by atoms with Gasteiger partial charge in [0.1, 0.15) is 6.04 Å². The van der Waals surface area contributed by atoms with Crippen LogP contribution >= 0.6 is 0 Å². The fraction of sp³-hybridized carbons (Fsp3) is 0.900. The Hall–Kier alpha value is -0.570. The van der Waals surface area contributed by atoms with Crippen molar-refractivity contribution < 1.29 is 9.53 Å². The maximum Gasteiger partial charge on any atom is 0.323 e. The maximum absolute atomic E-state index is 11.3. The van der Waals surface area contributed by atoms with Gasteiger partial charge in [0.05, 0.1) is 7.11 Å². The maximum atomic E-state index is 11.3. The largest absolute Gasteiger partial charge is 0.468 e. The monoisotopic (exact) mass is 185 g/mol. The van der Waals surface area contributed by atoms with E-state index < -0.39 is 0 Å². The van der Waals surface area contributed by atoms with Crippen molar-refractivity contribution in [3.8, 4) is 0 Å². The van der Waals surface area contributed by atoms with E-state index >= 15 is 0 Å². The van der Waals surface area contributed by atoms with Crippen molar-refractivity contribution in [2.75, 3.05) is 20.7 Å². The van der Waals surface area contributed by atoms with E-state index in [9.17, 15) is 4.79 Å². The number of likely N-dealkylation sites (tertiary alicyclic amines) is 1. The first-order valence-electron chi connectivity index (χ1n) is 4.74. The van der Waals surface area contributed by atoms with E-state index in [-0.39, 0.29) is 12.0 Å². The minimum Gasteiger partial charge on any atom is -0.468 e. The second-order valence-electron chi connectivity index (χ2n) is 4.66. The highest BCUT2D eigenvalue weighted by Crippen LogP contribution is 2.31. The second kappa shape index (κ2) is 3.66. The molecule has 0 N–H and O–H groups in total. The normalized spacial score (nSPS) is 28.5. The van der Waals surface area contributed by atoms with Crippen molar-refractivity contribution in [2.45, 2.75) is 32.7 Å². The lowest BCUT2D eigenvalue weighted by Crippen LogP contribution is -2.48. The van der Waals surface area contributed by atoms with Crippen LogP contribution in [0.15, 0.2) is 0 Å². The van der Waals surface area contributed by atoms with Gasteiger partial charge in [-0.3, -0.25) is 9.69 Å². The number of piperidine rings is 1. The minimum atomic E-state index is -0.0991. The van der Waals surface area contributed by atoms with Gasteiger partial charge in [0, 0.05) is 6.54 Å². The fourth-order valence-corrected chi connectivity index (χ4v) is 2.05. The Kier molecular flexibility index (Phi) is 2.96. The Bertz CT molecular complexity index is 201. The molecule has 1 unspecified atom stereocenters. The molecule has 1 rings (SSSR count). The number of likely N-dealkylation sites (N-methyl/N-ethyl adjacent to an activating group) is 1. The molecular formula is C10H19NO2. The summed E-state index contributed by atoms with van der Waals surface area (Å²) in [5, 5.41) is 0. The van der Waals surface area contributed by atoms with Crippen molar-refractivity contribution in [3.63, 3.8) is 0 Å². The Labute approximate surface area is 80.1 Å². The first-order chi connectivity index (χ1) is 5.96. The minimum absolute atomic E-state index is 0.0296. The van der Waals surface area contributed by atoms with Gasteiger partial charge in [-0.2, -0.15) is 0 Å². The molecule has 3 heteroatoms. The van der Waals surface area contributed by atoms with Gasteiger partial charge in [0.25, 0.3) is 0 Å². The Morgan fingerprint density at radius 1 is 1.54 bits per heavy atom. The summed E-state index contributed by atoms with van der Waals surface area (Å²) in [7, 11) is 3.44. The highest BCUT2D eigenvalue weighted by Gasteiger charge is 2.34. The molecule has 1 heterocycles. The van der Waals surface area contributed by atoms with Gasteiger partial charge >= 0.3 is 5.97 Å². The molecule has 0 amide bonds. The summed E-state index contributed by atoms with van der Waals surface area (Å²) < 4.78 is 4.75. The van der Waals surface area contributed by atoms with Crippen LogP contribution in [-0.2, 0) is 9.53 Å². The molecule has 1 atom stereocenters. The summed E-state index contributed by atoms with van der Waals surface area (Å²) in [5.74, 6) is -0.0991. The van der Waals surface area contributed by atoms with Gasteiger partial charge in [-0.05, 0) is 25.3 Å².